The first-order valence-electron chi connectivity index (χ1n) is 11.5. The highest BCUT2D eigenvalue weighted by Crippen LogP contribution is 2.48. The summed E-state index contributed by atoms with van der Waals surface area (Å²) in [4.78, 5) is 19.3. The molecule has 1 N–H and O–H groups in total. The van der Waals surface area contributed by atoms with E-state index in [1.165, 1.54) is 51.0 Å². The molecule has 1 saturated heterocycles. The molecule has 2 aliphatic heterocycles. The summed E-state index contributed by atoms with van der Waals surface area (Å²) < 4.78 is 18.9. The van der Waals surface area contributed by atoms with Crippen LogP contribution in [0.25, 0.3) is 11.3 Å². The lowest BCUT2D eigenvalue weighted by Crippen LogP contribution is -2.28. The molecule has 1 aromatic carbocycles. The lowest BCUT2D eigenvalue weighted by molar-refractivity contribution is -0.0280. The van der Waals surface area contributed by atoms with Crippen LogP contribution in [0.3, 0.4) is 0 Å². The Morgan fingerprint density at radius 2 is 1.77 bits per heavy atom. The molecular formula is C25H32FN3O2. The molecular weight excluding hydrogens is 393 g/mol. The van der Waals surface area contributed by atoms with E-state index in [0.29, 0.717) is 11.3 Å². The Kier molecular flexibility index (Phi) is 6.98. The number of carbonyl (C=O) groups excluding carboxylic acids is 1. The van der Waals surface area contributed by atoms with Crippen LogP contribution in [0, 0.1) is 5.82 Å². The van der Waals surface area contributed by atoms with Gasteiger partial charge in [0.1, 0.15) is 11.4 Å². The summed E-state index contributed by atoms with van der Waals surface area (Å²) in [6, 6.07) is 7.97. The summed E-state index contributed by atoms with van der Waals surface area (Å²) >= 11 is 0. The van der Waals surface area contributed by atoms with Crippen molar-refractivity contribution in [2.24, 2.45) is 0 Å². The maximum absolute atomic E-state index is 13.1. The highest BCUT2D eigenvalue weighted by Gasteiger charge is 2.47. The number of nitrogens with zero attached hydrogens (tertiary/aromatic N) is 2. The quantitative estimate of drug-likeness (QED) is 0.730. The van der Waals surface area contributed by atoms with E-state index >= 15 is 0 Å². The second kappa shape index (κ2) is 9.88. The lowest BCUT2D eigenvalue weighted by atomic mass is 9.79. The molecule has 3 heterocycles. The Morgan fingerprint density at radius 3 is 2.45 bits per heavy atom. The van der Waals surface area contributed by atoms with Gasteiger partial charge in [-0.3, -0.25) is 4.98 Å². The van der Waals surface area contributed by atoms with E-state index in [1.54, 1.807) is 18.3 Å². The van der Waals surface area contributed by atoms with Crippen LogP contribution in [0.4, 0.5) is 4.39 Å². The average Bonchev–Trinajstić information content (AvgIpc) is 3.41. The number of nitrogens with one attached hydrogen (secondary N) is 1. The van der Waals surface area contributed by atoms with Gasteiger partial charge < -0.3 is 15.0 Å². The molecule has 3 aliphatic rings. The minimum atomic E-state index is -0.470. The van der Waals surface area contributed by atoms with E-state index in [0.717, 1.165) is 43.4 Å². The first-order valence-corrected chi connectivity index (χ1v) is 11.5. The number of carbonyl (C=O) groups is 1. The summed E-state index contributed by atoms with van der Waals surface area (Å²) in [6.07, 6.45) is 9.60. The zero-order valence-corrected chi connectivity index (χ0v) is 18.3. The zero-order valence-electron chi connectivity index (χ0n) is 18.3. The molecule has 0 radical (unpaired) electrons. The number of hydrogen-bond acceptors (Lipinski definition) is 5. The van der Waals surface area contributed by atoms with E-state index in [4.69, 9.17) is 4.74 Å². The summed E-state index contributed by atoms with van der Waals surface area (Å²) in [6.45, 7) is 5.01. The Hall–Kier alpha value is -2.31. The SMILES string of the molecule is CNCCN1CCCC1.O=C1OC2(CCCCC2)c2ccnc(-c3ccc(F)cc3)c21. The first kappa shape index (κ1) is 21.9. The fourth-order valence-electron chi connectivity index (χ4n) is 4.93. The van der Waals surface area contributed by atoms with Gasteiger partial charge in [-0.1, -0.05) is 6.42 Å². The van der Waals surface area contributed by atoms with Crippen molar-refractivity contribution in [3.05, 3.63) is 53.5 Å². The van der Waals surface area contributed by atoms with Crippen molar-refractivity contribution < 1.29 is 13.9 Å². The van der Waals surface area contributed by atoms with Crippen LogP contribution in [-0.4, -0.2) is 49.1 Å². The molecule has 1 aliphatic carbocycles. The summed E-state index contributed by atoms with van der Waals surface area (Å²) in [5, 5.41) is 3.15. The van der Waals surface area contributed by atoms with Gasteiger partial charge in [-0.25, -0.2) is 9.18 Å². The molecule has 2 fully saturated rings. The average molecular weight is 426 g/mol. The number of likely N-dealkylation sites (N-methyl/N-ethyl adjacent to an activating group) is 1. The molecule has 2 aromatic rings. The van der Waals surface area contributed by atoms with Gasteiger partial charge in [-0.15, -0.1) is 0 Å². The van der Waals surface area contributed by atoms with Crippen LogP contribution in [0.2, 0.25) is 0 Å². The number of likely N-dealkylation sites (tertiary alicyclic amines) is 1. The van der Waals surface area contributed by atoms with Crippen LogP contribution in [0.15, 0.2) is 36.5 Å². The fourth-order valence-corrected chi connectivity index (χ4v) is 4.93. The number of esters is 1. The Bertz CT molecular complexity index is 888. The van der Waals surface area contributed by atoms with Crippen molar-refractivity contribution in [1.82, 2.24) is 15.2 Å². The largest absolute Gasteiger partial charge is 0.450 e. The number of hydrogen-bond donors (Lipinski definition) is 1. The molecule has 0 atom stereocenters. The second-order valence-corrected chi connectivity index (χ2v) is 8.69. The number of benzene rings is 1. The summed E-state index contributed by atoms with van der Waals surface area (Å²) in [7, 11) is 2.01. The minimum Gasteiger partial charge on any atom is -0.450 e. The fraction of sp³-hybridized carbons (Fsp3) is 0.520. The Labute approximate surface area is 184 Å². The van der Waals surface area contributed by atoms with E-state index in [9.17, 15) is 9.18 Å². The van der Waals surface area contributed by atoms with Crippen molar-refractivity contribution in [3.63, 3.8) is 0 Å². The molecule has 0 unspecified atom stereocenters. The molecule has 0 bridgehead atoms. The highest BCUT2D eigenvalue weighted by molar-refractivity contribution is 6.00. The number of ether oxygens (including phenoxy) is 1. The topological polar surface area (TPSA) is 54.5 Å². The van der Waals surface area contributed by atoms with Crippen molar-refractivity contribution in [2.45, 2.75) is 50.5 Å². The van der Waals surface area contributed by atoms with Gasteiger partial charge in [0.2, 0.25) is 0 Å². The number of halogens is 1. The smallest absolute Gasteiger partial charge is 0.341 e. The van der Waals surface area contributed by atoms with Gasteiger partial charge in [-0.05, 0) is 89.0 Å². The molecule has 6 heteroatoms. The molecule has 5 rings (SSSR count). The number of pyridine rings is 1. The van der Waals surface area contributed by atoms with E-state index < -0.39 is 5.60 Å². The van der Waals surface area contributed by atoms with E-state index in [2.05, 4.69) is 15.2 Å². The molecule has 1 saturated carbocycles. The van der Waals surface area contributed by atoms with Crippen molar-refractivity contribution >= 4 is 5.97 Å². The second-order valence-electron chi connectivity index (χ2n) is 8.69. The standard InChI is InChI=1S/C18H16FNO2.C7H16N2/c19-13-6-4-12(5-7-13)16-15-14(8-11-20-16)18(22-17(15)21)9-2-1-3-10-18;1-8-4-7-9-5-2-3-6-9/h4-8,11H,1-3,9-10H2;8H,2-7H2,1H3. The molecule has 31 heavy (non-hydrogen) atoms. The van der Waals surface area contributed by atoms with Crippen LogP contribution < -0.4 is 5.32 Å². The number of fused-ring (bicyclic) bond motifs is 2. The van der Waals surface area contributed by atoms with Gasteiger partial charge in [0.05, 0.1) is 11.3 Å². The van der Waals surface area contributed by atoms with E-state index in [1.807, 2.05) is 13.1 Å². The van der Waals surface area contributed by atoms with Gasteiger partial charge >= 0.3 is 5.97 Å². The van der Waals surface area contributed by atoms with Gasteiger partial charge in [0.15, 0.2) is 0 Å². The Morgan fingerprint density at radius 1 is 1.06 bits per heavy atom. The summed E-state index contributed by atoms with van der Waals surface area (Å²) in [5.74, 6) is -0.605. The van der Waals surface area contributed by atoms with Crippen molar-refractivity contribution in [3.8, 4) is 11.3 Å². The number of rotatable bonds is 4. The van der Waals surface area contributed by atoms with Gasteiger partial charge in [0.25, 0.3) is 0 Å². The maximum atomic E-state index is 13.1. The zero-order chi connectivity index (χ0) is 21.7. The monoisotopic (exact) mass is 425 g/mol. The highest BCUT2D eigenvalue weighted by atomic mass is 19.1. The Balaban J connectivity index is 0.000000217. The minimum absolute atomic E-state index is 0.302. The van der Waals surface area contributed by atoms with Crippen LogP contribution >= 0.6 is 0 Å². The third-order valence-corrected chi connectivity index (χ3v) is 6.59. The third kappa shape index (κ3) is 4.80. The van der Waals surface area contributed by atoms with Crippen LogP contribution in [0.5, 0.6) is 0 Å². The van der Waals surface area contributed by atoms with E-state index in [-0.39, 0.29) is 11.8 Å². The maximum Gasteiger partial charge on any atom is 0.341 e. The van der Waals surface area contributed by atoms with Crippen molar-refractivity contribution in [2.75, 3.05) is 33.2 Å². The molecule has 5 nitrogen and oxygen atoms in total. The van der Waals surface area contributed by atoms with Crippen LogP contribution in [-0.2, 0) is 10.3 Å². The van der Waals surface area contributed by atoms with Crippen molar-refractivity contribution in [1.29, 1.82) is 0 Å². The van der Waals surface area contributed by atoms with Gasteiger partial charge in [0, 0.05) is 30.4 Å². The molecule has 0 amide bonds. The lowest BCUT2D eigenvalue weighted by Gasteiger charge is -2.32. The third-order valence-electron chi connectivity index (χ3n) is 6.59. The molecule has 1 aromatic heterocycles. The normalized spacial score (nSPS) is 19.6. The van der Waals surface area contributed by atoms with Crippen LogP contribution in [0.1, 0.15) is 60.9 Å². The first-order chi connectivity index (χ1) is 15.1. The predicted molar refractivity (Wildman–Crippen MR) is 119 cm³/mol. The predicted octanol–water partition coefficient (Wildman–Crippen LogP) is 4.52. The van der Waals surface area contributed by atoms with Gasteiger partial charge in [-0.2, -0.15) is 0 Å². The summed E-state index contributed by atoms with van der Waals surface area (Å²) in [5.41, 5.74) is 2.36. The number of aromatic nitrogens is 1. The molecule has 1 spiro atoms. The molecule has 166 valence electrons.